The molecule has 0 amide bonds. The second kappa shape index (κ2) is 10.8. The first-order chi connectivity index (χ1) is 16.4. The molecular weight excluding hydrogens is 420 g/mol. The van der Waals surface area contributed by atoms with Crippen LogP contribution in [-0.2, 0) is 6.42 Å². The number of nitrogens with zero attached hydrogens (tertiary/aromatic N) is 3. The molecule has 6 nitrogen and oxygen atoms in total. The first-order valence-corrected chi connectivity index (χ1v) is 11.7. The molecule has 0 radical (unpaired) electrons. The zero-order valence-corrected chi connectivity index (χ0v) is 20.7. The molecule has 0 spiro atoms. The number of aryl methyl sites for hydroxylation is 2. The Morgan fingerprint density at radius 1 is 1.12 bits per heavy atom. The quantitative estimate of drug-likeness (QED) is 0.381. The highest BCUT2D eigenvalue weighted by molar-refractivity contribution is 6.04. The van der Waals surface area contributed by atoms with E-state index >= 15 is 0 Å². The van der Waals surface area contributed by atoms with Crippen molar-refractivity contribution in [2.75, 3.05) is 22.5 Å². The summed E-state index contributed by atoms with van der Waals surface area (Å²) in [5.74, 6) is 0.849. The van der Waals surface area contributed by atoms with Gasteiger partial charge in [-0.05, 0) is 49.1 Å². The third-order valence-corrected chi connectivity index (χ3v) is 5.77. The summed E-state index contributed by atoms with van der Waals surface area (Å²) >= 11 is 0. The molecule has 0 bridgehead atoms. The summed E-state index contributed by atoms with van der Waals surface area (Å²) in [4.78, 5) is 10.6. The largest absolute Gasteiger partial charge is 0.383 e. The highest BCUT2D eigenvalue weighted by atomic mass is 15.2. The lowest BCUT2D eigenvalue weighted by atomic mass is 9.93. The van der Waals surface area contributed by atoms with E-state index in [1.54, 1.807) is 6.92 Å². The molecule has 1 aromatic heterocycles. The Balaban J connectivity index is 0.00000158. The predicted octanol–water partition coefficient (Wildman–Crippen LogP) is 6.29. The number of anilines is 3. The molecule has 0 atom stereocenters. The van der Waals surface area contributed by atoms with E-state index in [1.807, 2.05) is 13.8 Å². The van der Waals surface area contributed by atoms with Gasteiger partial charge < -0.3 is 21.4 Å². The number of benzene rings is 2. The van der Waals surface area contributed by atoms with Crippen LogP contribution in [0.4, 0.5) is 17.3 Å². The molecule has 2 heterocycles. The average molecular weight is 455 g/mol. The second-order valence-corrected chi connectivity index (χ2v) is 7.90. The van der Waals surface area contributed by atoms with Crippen LogP contribution in [0.2, 0.25) is 0 Å². The Kier molecular flexibility index (Phi) is 7.84. The van der Waals surface area contributed by atoms with E-state index in [4.69, 9.17) is 11.1 Å². The van der Waals surface area contributed by atoms with Gasteiger partial charge in [-0.2, -0.15) is 0 Å². The van der Waals surface area contributed by atoms with Crippen LogP contribution in [0.1, 0.15) is 55.5 Å². The minimum Gasteiger partial charge on any atom is -0.383 e. The molecule has 0 aliphatic carbocycles. The first kappa shape index (κ1) is 24.7. The molecule has 1 aliphatic rings. The van der Waals surface area contributed by atoms with Crippen LogP contribution in [0.25, 0.3) is 11.8 Å². The molecule has 0 unspecified atom stereocenters. The Morgan fingerprint density at radius 3 is 2.56 bits per heavy atom. The van der Waals surface area contributed by atoms with Crippen molar-refractivity contribution in [3.63, 3.8) is 0 Å². The van der Waals surface area contributed by atoms with E-state index in [0.29, 0.717) is 29.5 Å². The lowest BCUT2D eigenvalue weighted by molar-refractivity contribution is 1.04. The summed E-state index contributed by atoms with van der Waals surface area (Å²) < 4.78 is 0. The number of para-hydroxylation sites is 1. The maximum atomic E-state index is 8.08. The number of rotatable bonds is 6. The molecule has 6 heteroatoms. The van der Waals surface area contributed by atoms with Gasteiger partial charge in [0.1, 0.15) is 18.0 Å². The summed E-state index contributed by atoms with van der Waals surface area (Å²) in [5.41, 5.74) is 14.7. The van der Waals surface area contributed by atoms with Gasteiger partial charge in [-0.3, -0.25) is 0 Å². The Labute approximate surface area is 202 Å². The molecule has 2 aromatic carbocycles. The summed E-state index contributed by atoms with van der Waals surface area (Å²) in [5, 5.41) is 11.5. The molecule has 1 aliphatic heterocycles. The minimum absolute atomic E-state index is 0.297. The van der Waals surface area contributed by atoms with Crippen LogP contribution in [0, 0.1) is 12.3 Å². The zero-order valence-electron chi connectivity index (χ0n) is 20.7. The maximum absolute atomic E-state index is 8.08. The van der Waals surface area contributed by atoms with Crippen molar-refractivity contribution < 1.29 is 0 Å². The summed E-state index contributed by atoms with van der Waals surface area (Å²) in [6.07, 6.45) is 4.53. The van der Waals surface area contributed by atoms with Gasteiger partial charge in [0.05, 0.1) is 12.1 Å². The number of nitrogens with two attached hydrogens (primary N) is 1. The van der Waals surface area contributed by atoms with Crippen LogP contribution in [0.15, 0.2) is 61.1 Å². The standard InChI is InChI=1S/C26H28N6.C2H6/c1-5-19-10-6-7-12-22(19)32-18(4)23-16(2)9-8-11-20(23)13-21(32)14-29-26-24(17(3)27)25(28)30-15-31-26;1-2/h6-13,15,27H,4-5,14H2,1-3H3,(H3,28,29,30,31);1-2H3. The van der Waals surface area contributed by atoms with E-state index in [1.165, 1.54) is 17.5 Å². The van der Waals surface area contributed by atoms with Crippen molar-refractivity contribution in [3.05, 3.63) is 88.9 Å². The summed E-state index contributed by atoms with van der Waals surface area (Å²) in [6, 6.07) is 14.7. The van der Waals surface area contributed by atoms with Gasteiger partial charge in [0.15, 0.2) is 0 Å². The molecule has 0 fully saturated rings. The maximum Gasteiger partial charge on any atom is 0.140 e. The fraction of sp³-hybridized carbons (Fsp3) is 0.250. The van der Waals surface area contributed by atoms with Crippen LogP contribution < -0.4 is 16.0 Å². The van der Waals surface area contributed by atoms with Gasteiger partial charge in [-0.1, -0.05) is 63.7 Å². The molecule has 0 saturated carbocycles. The lowest BCUT2D eigenvalue weighted by Crippen LogP contribution is -2.29. The normalized spacial score (nSPS) is 12.3. The topological polar surface area (TPSA) is 90.9 Å². The van der Waals surface area contributed by atoms with E-state index < -0.39 is 0 Å². The van der Waals surface area contributed by atoms with Crippen molar-refractivity contribution in [2.45, 2.75) is 41.0 Å². The van der Waals surface area contributed by atoms with Gasteiger partial charge in [-0.25, -0.2) is 9.97 Å². The third-order valence-electron chi connectivity index (χ3n) is 5.77. The summed E-state index contributed by atoms with van der Waals surface area (Å²) in [6.45, 7) is 14.9. The molecule has 176 valence electrons. The molecule has 0 saturated heterocycles. The minimum atomic E-state index is 0.297. The Hall–Kier alpha value is -3.93. The van der Waals surface area contributed by atoms with E-state index in [2.05, 4.69) is 89.2 Å². The Bertz CT molecular complexity index is 1240. The molecule has 4 rings (SSSR count). The number of aromatic nitrogens is 2. The monoisotopic (exact) mass is 454 g/mol. The third kappa shape index (κ3) is 4.71. The predicted molar refractivity (Wildman–Crippen MR) is 145 cm³/mol. The highest BCUT2D eigenvalue weighted by Gasteiger charge is 2.26. The number of hydrogen-bond acceptors (Lipinski definition) is 6. The van der Waals surface area contributed by atoms with Gasteiger partial charge in [-0.15, -0.1) is 0 Å². The smallest absolute Gasteiger partial charge is 0.140 e. The number of hydrogen-bond donors (Lipinski definition) is 3. The average Bonchev–Trinajstić information content (AvgIpc) is 2.83. The van der Waals surface area contributed by atoms with Gasteiger partial charge >= 0.3 is 0 Å². The molecule has 34 heavy (non-hydrogen) atoms. The fourth-order valence-corrected chi connectivity index (χ4v) is 4.27. The number of nitrogen functional groups attached to an aromatic ring is 1. The Morgan fingerprint density at radius 2 is 1.85 bits per heavy atom. The van der Waals surface area contributed by atoms with Gasteiger partial charge in [0, 0.05) is 28.4 Å². The molecule has 3 aromatic rings. The fourth-order valence-electron chi connectivity index (χ4n) is 4.27. The van der Waals surface area contributed by atoms with Crippen molar-refractivity contribution in [1.29, 1.82) is 5.41 Å². The molecule has 4 N–H and O–H groups in total. The summed E-state index contributed by atoms with van der Waals surface area (Å²) in [7, 11) is 0. The van der Waals surface area contributed by atoms with Crippen molar-refractivity contribution >= 4 is 34.8 Å². The second-order valence-electron chi connectivity index (χ2n) is 7.90. The van der Waals surface area contributed by atoms with Crippen LogP contribution in [0.5, 0.6) is 0 Å². The molecular formula is C28H34N6. The SMILES string of the molecule is C=C1c2c(C)cccc2C=C(CNc2ncnc(N)c2C(C)=N)N1c1ccccc1CC.CC. The number of fused-ring (bicyclic) bond motifs is 1. The first-order valence-electron chi connectivity index (χ1n) is 11.7. The highest BCUT2D eigenvalue weighted by Crippen LogP contribution is 2.39. The van der Waals surface area contributed by atoms with Crippen LogP contribution >= 0.6 is 0 Å². The van der Waals surface area contributed by atoms with Crippen LogP contribution in [0.3, 0.4) is 0 Å². The lowest BCUT2D eigenvalue weighted by Gasteiger charge is -2.36. The van der Waals surface area contributed by atoms with E-state index in [9.17, 15) is 0 Å². The van der Waals surface area contributed by atoms with Crippen molar-refractivity contribution in [3.8, 4) is 0 Å². The van der Waals surface area contributed by atoms with E-state index in [0.717, 1.165) is 34.6 Å². The zero-order chi connectivity index (χ0) is 24.8. The van der Waals surface area contributed by atoms with E-state index in [-0.39, 0.29) is 0 Å². The van der Waals surface area contributed by atoms with Gasteiger partial charge in [0.2, 0.25) is 0 Å². The van der Waals surface area contributed by atoms with Crippen molar-refractivity contribution in [1.82, 2.24) is 9.97 Å². The number of nitrogens with one attached hydrogen (secondary N) is 2. The van der Waals surface area contributed by atoms with Crippen molar-refractivity contribution in [2.24, 2.45) is 0 Å². The van der Waals surface area contributed by atoms with Crippen LogP contribution in [-0.4, -0.2) is 22.2 Å². The van der Waals surface area contributed by atoms with Gasteiger partial charge in [0.25, 0.3) is 0 Å².